The Morgan fingerprint density at radius 2 is 1.59 bits per heavy atom. The van der Waals surface area contributed by atoms with Gasteiger partial charge in [0.25, 0.3) is 0 Å². The van der Waals surface area contributed by atoms with E-state index in [1.807, 2.05) is 0 Å². The number of rotatable bonds is 6. The van der Waals surface area contributed by atoms with Crippen LogP contribution in [0, 0.1) is 17.5 Å². The predicted molar refractivity (Wildman–Crippen MR) is 96.1 cm³/mol. The lowest BCUT2D eigenvalue weighted by molar-refractivity contribution is -0.122. The Morgan fingerprint density at radius 3 is 2.11 bits per heavy atom. The molecule has 0 aliphatic rings. The number of carbonyl (C=O) groups is 1. The lowest BCUT2D eigenvalue weighted by atomic mass is 10.1. The van der Waals surface area contributed by atoms with Gasteiger partial charge in [-0.05, 0) is 43.7 Å². The van der Waals surface area contributed by atoms with Crippen molar-refractivity contribution in [1.82, 2.24) is 5.32 Å². The molecule has 2 rings (SSSR count). The van der Waals surface area contributed by atoms with Crippen LogP contribution >= 0.6 is 0 Å². The summed E-state index contributed by atoms with van der Waals surface area (Å²) in [7, 11) is -3.96. The number of anilines is 1. The Hall–Kier alpha value is -2.55. The second kappa shape index (κ2) is 7.99. The number of carbonyl (C=O) groups excluding carboxylic acids is 1. The fraction of sp³-hybridized carbons (Fsp3) is 0.278. The fourth-order valence-electron chi connectivity index (χ4n) is 2.60. The zero-order valence-corrected chi connectivity index (χ0v) is 15.7. The molecule has 0 bridgehead atoms. The highest BCUT2D eigenvalue weighted by molar-refractivity contribution is 7.92. The number of hydrogen-bond donors (Lipinski definition) is 1. The molecule has 2 aromatic carbocycles. The lowest BCUT2D eigenvalue weighted by Gasteiger charge is -2.29. The van der Waals surface area contributed by atoms with Gasteiger partial charge < -0.3 is 5.32 Å². The highest BCUT2D eigenvalue weighted by atomic mass is 32.2. The minimum atomic E-state index is -3.96. The van der Waals surface area contributed by atoms with E-state index in [0.29, 0.717) is 15.9 Å². The van der Waals surface area contributed by atoms with E-state index in [1.165, 1.54) is 31.2 Å². The van der Waals surface area contributed by atoms with Crippen molar-refractivity contribution in [3.63, 3.8) is 0 Å². The van der Waals surface area contributed by atoms with Crippen LogP contribution in [0.1, 0.15) is 25.5 Å². The highest BCUT2D eigenvalue weighted by Crippen LogP contribution is 2.23. The van der Waals surface area contributed by atoms with Gasteiger partial charge in [0.1, 0.15) is 11.9 Å². The van der Waals surface area contributed by atoms with E-state index in [1.54, 1.807) is 6.92 Å². The smallest absolute Gasteiger partial charge is 0.244 e. The van der Waals surface area contributed by atoms with E-state index in [4.69, 9.17) is 0 Å². The SMILES string of the molecule is CC(NC(=O)C(C)N(c1ccc(F)c(F)c1)S(C)(=O)=O)c1ccc(F)cc1. The molecule has 0 aliphatic carbocycles. The number of halogens is 3. The molecule has 27 heavy (non-hydrogen) atoms. The molecular weight excluding hydrogens is 381 g/mol. The molecule has 0 radical (unpaired) electrons. The average Bonchev–Trinajstić information content (AvgIpc) is 2.57. The van der Waals surface area contributed by atoms with E-state index < -0.39 is 45.5 Å². The molecular formula is C18H19F3N2O3S. The Morgan fingerprint density at radius 1 is 1.00 bits per heavy atom. The van der Waals surface area contributed by atoms with E-state index in [-0.39, 0.29) is 5.69 Å². The summed E-state index contributed by atoms with van der Waals surface area (Å²) in [6, 6.07) is 6.30. The monoisotopic (exact) mass is 400 g/mol. The van der Waals surface area contributed by atoms with Gasteiger partial charge in [-0.3, -0.25) is 9.10 Å². The zero-order chi connectivity index (χ0) is 20.4. The lowest BCUT2D eigenvalue weighted by Crippen LogP contribution is -2.48. The maximum Gasteiger partial charge on any atom is 0.244 e. The maximum atomic E-state index is 13.5. The van der Waals surface area contributed by atoms with Gasteiger partial charge in [0, 0.05) is 6.07 Å². The Bertz CT molecular complexity index is 933. The van der Waals surface area contributed by atoms with Gasteiger partial charge in [0.2, 0.25) is 15.9 Å². The van der Waals surface area contributed by atoms with E-state index >= 15 is 0 Å². The van der Waals surface area contributed by atoms with Gasteiger partial charge in [-0.25, -0.2) is 21.6 Å². The summed E-state index contributed by atoms with van der Waals surface area (Å²) in [5.41, 5.74) is 0.448. The number of sulfonamides is 1. The van der Waals surface area contributed by atoms with Crippen LogP contribution in [0.25, 0.3) is 0 Å². The predicted octanol–water partition coefficient (Wildman–Crippen LogP) is 3.14. The minimum Gasteiger partial charge on any atom is -0.348 e. The highest BCUT2D eigenvalue weighted by Gasteiger charge is 2.30. The number of nitrogens with zero attached hydrogens (tertiary/aromatic N) is 1. The van der Waals surface area contributed by atoms with Crippen molar-refractivity contribution in [2.75, 3.05) is 10.6 Å². The van der Waals surface area contributed by atoms with Gasteiger partial charge in [-0.15, -0.1) is 0 Å². The number of benzene rings is 2. The summed E-state index contributed by atoms with van der Waals surface area (Å²) < 4.78 is 64.7. The molecule has 2 atom stereocenters. The van der Waals surface area contributed by atoms with Gasteiger partial charge >= 0.3 is 0 Å². The molecule has 0 saturated carbocycles. The number of hydrogen-bond acceptors (Lipinski definition) is 3. The van der Waals surface area contributed by atoms with Gasteiger partial charge in [0.05, 0.1) is 18.0 Å². The molecule has 0 aliphatic heterocycles. The van der Waals surface area contributed by atoms with Crippen LogP contribution in [0.15, 0.2) is 42.5 Å². The molecule has 1 amide bonds. The van der Waals surface area contributed by atoms with E-state index in [2.05, 4.69) is 5.32 Å². The summed E-state index contributed by atoms with van der Waals surface area (Å²) >= 11 is 0. The van der Waals surface area contributed by atoms with Crippen LogP contribution in [-0.2, 0) is 14.8 Å². The van der Waals surface area contributed by atoms with Crippen LogP contribution in [0.3, 0.4) is 0 Å². The van der Waals surface area contributed by atoms with Crippen molar-refractivity contribution in [3.05, 3.63) is 65.5 Å². The van der Waals surface area contributed by atoms with Crippen LogP contribution < -0.4 is 9.62 Å². The molecule has 2 aromatic rings. The van der Waals surface area contributed by atoms with E-state index in [0.717, 1.165) is 18.4 Å². The first-order valence-corrected chi connectivity index (χ1v) is 9.86. The molecule has 9 heteroatoms. The summed E-state index contributed by atoms with van der Waals surface area (Å²) in [5.74, 6) is -3.43. The largest absolute Gasteiger partial charge is 0.348 e. The van der Waals surface area contributed by atoms with Crippen molar-refractivity contribution in [1.29, 1.82) is 0 Å². The van der Waals surface area contributed by atoms with Gasteiger partial charge in [-0.1, -0.05) is 12.1 Å². The number of amides is 1. The minimum absolute atomic E-state index is 0.173. The Labute approximate surface area is 155 Å². The molecule has 2 unspecified atom stereocenters. The van der Waals surface area contributed by atoms with Crippen molar-refractivity contribution in [2.45, 2.75) is 25.9 Å². The molecule has 0 saturated heterocycles. The first kappa shape index (κ1) is 20.8. The Balaban J connectivity index is 2.26. The zero-order valence-electron chi connectivity index (χ0n) is 14.9. The molecule has 5 nitrogen and oxygen atoms in total. The van der Waals surface area contributed by atoms with E-state index in [9.17, 15) is 26.4 Å². The topological polar surface area (TPSA) is 66.5 Å². The number of nitrogens with one attached hydrogen (secondary N) is 1. The van der Waals surface area contributed by atoms with Crippen molar-refractivity contribution >= 4 is 21.6 Å². The fourth-order valence-corrected chi connectivity index (χ4v) is 3.77. The normalized spacial score (nSPS) is 13.7. The third-order valence-corrected chi connectivity index (χ3v) is 5.22. The first-order valence-electron chi connectivity index (χ1n) is 8.01. The Kier molecular flexibility index (Phi) is 6.15. The maximum absolute atomic E-state index is 13.5. The summed E-state index contributed by atoms with van der Waals surface area (Å²) in [5, 5.41) is 2.63. The summed E-state index contributed by atoms with van der Waals surface area (Å²) in [6.45, 7) is 2.98. The van der Waals surface area contributed by atoms with Crippen molar-refractivity contribution in [2.24, 2.45) is 0 Å². The second-order valence-electron chi connectivity index (χ2n) is 6.12. The van der Waals surface area contributed by atoms with Crippen LogP contribution in [0.4, 0.5) is 18.9 Å². The third-order valence-electron chi connectivity index (χ3n) is 3.97. The summed E-state index contributed by atoms with van der Waals surface area (Å²) in [6.07, 6.45) is 0.863. The molecule has 0 heterocycles. The standard InChI is InChI=1S/C18H19F3N2O3S/c1-11(13-4-6-14(19)7-5-13)22-18(24)12(2)23(27(3,25)26)15-8-9-16(20)17(21)10-15/h4-12H,1-3H3,(H,22,24). The van der Waals surface area contributed by atoms with Gasteiger partial charge in [0.15, 0.2) is 11.6 Å². The average molecular weight is 400 g/mol. The van der Waals surface area contributed by atoms with Crippen LogP contribution in [0.5, 0.6) is 0 Å². The second-order valence-corrected chi connectivity index (χ2v) is 7.97. The molecule has 0 fully saturated rings. The van der Waals surface area contributed by atoms with Gasteiger partial charge in [-0.2, -0.15) is 0 Å². The quantitative estimate of drug-likeness (QED) is 0.810. The first-order chi connectivity index (χ1) is 12.5. The third kappa shape index (κ3) is 5.00. The van der Waals surface area contributed by atoms with Crippen molar-refractivity contribution < 1.29 is 26.4 Å². The summed E-state index contributed by atoms with van der Waals surface area (Å²) in [4.78, 5) is 12.5. The molecule has 0 spiro atoms. The van der Waals surface area contributed by atoms with Crippen LogP contribution in [0.2, 0.25) is 0 Å². The van der Waals surface area contributed by atoms with Crippen molar-refractivity contribution in [3.8, 4) is 0 Å². The van der Waals surface area contributed by atoms with Crippen LogP contribution in [-0.4, -0.2) is 26.6 Å². The molecule has 146 valence electrons. The molecule has 1 N–H and O–H groups in total. The molecule has 0 aromatic heterocycles.